The highest BCUT2D eigenvalue weighted by molar-refractivity contribution is 5.92. The third-order valence-corrected chi connectivity index (χ3v) is 5.77. The van der Waals surface area contributed by atoms with Crippen molar-refractivity contribution < 1.29 is 14.1 Å². The van der Waals surface area contributed by atoms with E-state index in [1.807, 2.05) is 11.0 Å². The Morgan fingerprint density at radius 3 is 2.92 bits per heavy atom. The molecule has 2 aromatic heterocycles. The van der Waals surface area contributed by atoms with E-state index in [9.17, 15) is 4.79 Å². The highest BCUT2D eigenvalue weighted by Crippen LogP contribution is 2.47. The number of nitrogens with one attached hydrogen (secondary N) is 1. The van der Waals surface area contributed by atoms with Crippen molar-refractivity contribution in [1.29, 1.82) is 0 Å². The second-order valence-corrected chi connectivity index (χ2v) is 7.78. The molecule has 1 aliphatic heterocycles. The first-order valence-electron chi connectivity index (χ1n) is 9.39. The van der Waals surface area contributed by atoms with Crippen LogP contribution in [0, 0.1) is 11.8 Å². The van der Waals surface area contributed by atoms with Gasteiger partial charge in [-0.25, -0.2) is 4.98 Å². The number of nitrogens with zero attached hydrogens (tertiary/aromatic N) is 4. The lowest BCUT2D eigenvalue weighted by atomic mass is 9.91. The minimum Gasteiger partial charge on any atom is -0.377 e. The van der Waals surface area contributed by atoms with Crippen LogP contribution in [0.1, 0.15) is 65.4 Å². The van der Waals surface area contributed by atoms with Gasteiger partial charge >= 0.3 is 0 Å². The molecule has 0 radical (unpaired) electrons. The summed E-state index contributed by atoms with van der Waals surface area (Å²) in [4.78, 5) is 19.4. The van der Waals surface area contributed by atoms with Gasteiger partial charge in [0.15, 0.2) is 17.3 Å². The van der Waals surface area contributed by atoms with Gasteiger partial charge in [-0.2, -0.15) is 5.10 Å². The number of aromatic nitrogens is 4. The lowest BCUT2D eigenvalue weighted by molar-refractivity contribution is 0.0774. The van der Waals surface area contributed by atoms with E-state index in [0.717, 1.165) is 36.8 Å². The Labute approximate surface area is 151 Å². The molecule has 8 heteroatoms. The highest BCUT2D eigenvalue weighted by Gasteiger charge is 2.46. The summed E-state index contributed by atoms with van der Waals surface area (Å²) in [6, 6.07) is 1.82. The van der Waals surface area contributed by atoms with Gasteiger partial charge in [-0.05, 0) is 37.5 Å². The van der Waals surface area contributed by atoms with Gasteiger partial charge in [0.2, 0.25) is 0 Å². The van der Waals surface area contributed by atoms with Gasteiger partial charge in [0.05, 0.1) is 0 Å². The summed E-state index contributed by atoms with van der Waals surface area (Å²) in [7, 11) is 1.64. The number of methoxy groups -OCH3 is 1. The molecule has 26 heavy (non-hydrogen) atoms. The molecule has 0 spiro atoms. The Kier molecular flexibility index (Phi) is 3.81. The largest absolute Gasteiger partial charge is 0.377 e. The fourth-order valence-electron chi connectivity index (χ4n) is 4.06. The molecule has 2 aliphatic carbocycles. The van der Waals surface area contributed by atoms with Crippen LogP contribution in [0.4, 0.5) is 0 Å². The van der Waals surface area contributed by atoms with E-state index in [4.69, 9.17) is 9.26 Å². The standard InChI is InChI=1S/C18H23N5O3/c1-25-9-16-19-17(21-20-16)13-8-23(7-12(13)10-2-3-10)18(24)14-6-15(26-22-14)11-4-5-11/h6,10-13H,2-5,7-9H2,1H3,(H,19,20,21)/t12-,13+/m1/s1. The van der Waals surface area contributed by atoms with Crippen LogP contribution in [0.15, 0.2) is 10.6 Å². The van der Waals surface area contributed by atoms with E-state index in [1.165, 1.54) is 12.8 Å². The predicted molar refractivity (Wildman–Crippen MR) is 90.4 cm³/mol. The van der Waals surface area contributed by atoms with Crippen molar-refractivity contribution in [2.45, 2.75) is 44.1 Å². The van der Waals surface area contributed by atoms with E-state index in [1.54, 1.807) is 7.11 Å². The summed E-state index contributed by atoms with van der Waals surface area (Å²) in [5.41, 5.74) is 0.428. The zero-order valence-corrected chi connectivity index (χ0v) is 14.9. The highest BCUT2D eigenvalue weighted by atomic mass is 16.5. The van der Waals surface area contributed by atoms with Crippen LogP contribution >= 0.6 is 0 Å². The molecule has 2 aromatic rings. The Morgan fingerprint density at radius 2 is 2.19 bits per heavy atom. The van der Waals surface area contributed by atoms with Crippen LogP contribution in [0.25, 0.3) is 0 Å². The van der Waals surface area contributed by atoms with Crippen molar-refractivity contribution in [3.8, 4) is 0 Å². The first kappa shape index (κ1) is 16.0. The van der Waals surface area contributed by atoms with Crippen molar-refractivity contribution in [3.63, 3.8) is 0 Å². The molecule has 0 unspecified atom stereocenters. The molecule has 3 heterocycles. The maximum atomic E-state index is 12.9. The van der Waals surface area contributed by atoms with E-state index in [2.05, 4.69) is 20.3 Å². The molecule has 0 bridgehead atoms. The SMILES string of the molecule is COCc1nc([C@H]2CN(C(=O)c3cc(C4CC4)on3)C[C@@H]2C2CC2)n[nH]1. The molecule has 1 amide bonds. The fourth-order valence-corrected chi connectivity index (χ4v) is 4.06. The van der Waals surface area contributed by atoms with Gasteiger partial charge < -0.3 is 14.2 Å². The third-order valence-electron chi connectivity index (χ3n) is 5.77. The normalized spacial score (nSPS) is 25.8. The molecule has 0 aromatic carbocycles. The lowest BCUT2D eigenvalue weighted by Crippen LogP contribution is -2.29. The first-order chi connectivity index (χ1) is 12.7. The average molecular weight is 357 g/mol. The van der Waals surface area contributed by atoms with E-state index < -0.39 is 0 Å². The number of rotatable bonds is 6. The average Bonchev–Trinajstić information content (AvgIpc) is 3.53. The molecule has 3 fully saturated rings. The monoisotopic (exact) mass is 357 g/mol. The van der Waals surface area contributed by atoms with Crippen molar-refractivity contribution in [2.24, 2.45) is 11.8 Å². The molecular weight excluding hydrogens is 334 g/mol. The minimum absolute atomic E-state index is 0.0403. The van der Waals surface area contributed by atoms with Crippen molar-refractivity contribution in [1.82, 2.24) is 25.2 Å². The zero-order valence-electron chi connectivity index (χ0n) is 14.9. The third kappa shape index (κ3) is 2.92. The Hall–Kier alpha value is -2.22. The number of H-pyrrole nitrogens is 1. The maximum absolute atomic E-state index is 12.9. The second kappa shape index (κ2) is 6.19. The molecule has 3 aliphatic rings. The predicted octanol–water partition coefficient (Wildman–Crippen LogP) is 2.08. The van der Waals surface area contributed by atoms with Crippen LogP contribution in [0.2, 0.25) is 0 Å². The van der Waals surface area contributed by atoms with Crippen LogP contribution in [-0.2, 0) is 11.3 Å². The topological polar surface area (TPSA) is 97.1 Å². The van der Waals surface area contributed by atoms with E-state index in [-0.39, 0.29) is 11.8 Å². The van der Waals surface area contributed by atoms with Crippen LogP contribution in [0.3, 0.4) is 0 Å². The smallest absolute Gasteiger partial charge is 0.276 e. The second-order valence-electron chi connectivity index (χ2n) is 7.78. The van der Waals surface area contributed by atoms with E-state index >= 15 is 0 Å². The zero-order chi connectivity index (χ0) is 17.7. The van der Waals surface area contributed by atoms with Gasteiger partial charge in [0, 0.05) is 38.1 Å². The number of hydrogen-bond donors (Lipinski definition) is 1. The van der Waals surface area contributed by atoms with Gasteiger partial charge in [0.25, 0.3) is 5.91 Å². The molecule has 2 atom stereocenters. The number of hydrogen-bond acceptors (Lipinski definition) is 6. The van der Waals surface area contributed by atoms with Crippen LogP contribution in [-0.4, -0.2) is 51.3 Å². The van der Waals surface area contributed by atoms with Crippen LogP contribution < -0.4 is 0 Å². The number of ether oxygens (including phenoxy) is 1. The quantitative estimate of drug-likeness (QED) is 0.850. The Bertz CT molecular complexity index is 807. The van der Waals surface area contributed by atoms with Crippen molar-refractivity contribution >= 4 is 5.91 Å². The van der Waals surface area contributed by atoms with Crippen molar-refractivity contribution in [2.75, 3.05) is 20.2 Å². The lowest BCUT2D eigenvalue weighted by Gasteiger charge is -2.14. The number of likely N-dealkylation sites (tertiary alicyclic amines) is 1. The summed E-state index contributed by atoms with van der Waals surface area (Å²) >= 11 is 0. The molecule has 5 rings (SSSR count). The summed E-state index contributed by atoms with van der Waals surface area (Å²) in [6.07, 6.45) is 4.72. The Balaban J connectivity index is 1.34. The molecule has 1 saturated heterocycles. The molecule has 8 nitrogen and oxygen atoms in total. The summed E-state index contributed by atoms with van der Waals surface area (Å²) < 4.78 is 10.5. The van der Waals surface area contributed by atoms with Gasteiger partial charge in [-0.15, -0.1) is 0 Å². The number of carbonyl (C=O) groups excluding carboxylic acids is 1. The van der Waals surface area contributed by atoms with Crippen molar-refractivity contribution in [3.05, 3.63) is 29.2 Å². The Morgan fingerprint density at radius 1 is 1.35 bits per heavy atom. The number of carbonyl (C=O) groups is 1. The van der Waals surface area contributed by atoms with E-state index in [0.29, 0.717) is 36.6 Å². The summed E-state index contributed by atoms with van der Waals surface area (Å²) in [6.45, 7) is 1.79. The molecule has 1 N–H and O–H groups in total. The number of aromatic amines is 1. The fraction of sp³-hybridized carbons (Fsp3) is 0.667. The summed E-state index contributed by atoms with van der Waals surface area (Å²) in [5, 5.41) is 11.3. The summed E-state index contributed by atoms with van der Waals surface area (Å²) in [5.74, 6) is 4.05. The van der Waals surface area contributed by atoms with Crippen LogP contribution in [0.5, 0.6) is 0 Å². The molecule has 138 valence electrons. The van der Waals surface area contributed by atoms with Gasteiger partial charge in [0.1, 0.15) is 12.4 Å². The molecule has 2 saturated carbocycles. The van der Waals surface area contributed by atoms with Gasteiger partial charge in [-0.3, -0.25) is 9.89 Å². The minimum atomic E-state index is -0.0403. The molecular formula is C18H23N5O3. The maximum Gasteiger partial charge on any atom is 0.276 e. The van der Waals surface area contributed by atoms with Gasteiger partial charge in [-0.1, -0.05) is 5.16 Å². The number of amides is 1. The first-order valence-corrected chi connectivity index (χ1v) is 9.39.